The molecule has 1 aromatic heterocycles. The summed E-state index contributed by atoms with van der Waals surface area (Å²) in [7, 11) is 0. The number of benzene rings is 1. The molecule has 0 radical (unpaired) electrons. The second kappa shape index (κ2) is 5.31. The van der Waals surface area contributed by atoms with E-state index in [1.807, 2.05) is 31.2 Å². The van der Waals surface area contributed by atoms with E-state index < -0.39 is 0 Å². The van der Waals surface area contributed by atoms with Crippen LogP contribution < -0.4 is 10.3 Å². The molecule has 0 spiro atoms. The molecule has 1 heterocycles. The first-order valence-corrected chi connectivity index (χ1v) is 6.28. The van der Waals surface area contributed by atoms with Crippen LogP contribution in [0, 0.1) is 3.57 Å². The minimum atomic E-state index is -0.213. The predicted molar refractivity (Wildman–Crippen MR) is 73.4 cm³/mol. The Bertz CT molecular complexity index is 581. The van der Waals surface area contributed by atoms with Gasteiger partial charge in [-0.15, -0.1) is 0 Å². The monoisotopic (exact) mass is 342 g/mol. The number of hydrogen-bond donors (Lipinski definition) is 0. The van der Waals surface area contributed by atoms with Crippen LogP contribution in [0.15, 0.2) is 41.5 Å². The quantitative estimate of drug-likeness (QED) is 0.806. The van der Waals surface area contributed by atoms with Crippen LogP contribution in [-0.4, -0.2) is 9.55 Å². The van der Waals surface area contributed by atoms with Gasteiger partial charge in [-0.1, -0.05) is 12.1 Å². The lowest BCUT2D eigenvalue weighted by Crippen LogP contribution is -2.20. The fraction of sp³-hybridized carbons (Fsp3) is 0.167. The number of para-hydroxylation sites is 1. The van der Waals surface area contributed by atoms with Crippen molar-refractivity contribution in [2.75, 3.05) is 0 Å². The summed E-state index contributed by atoms with van der Waals surface area (Å²) in [6.45, 7) is 2.50. The van der Waals surface area contributed by atoms with E-state index in [4.69, 9.17) is 4.74 Å². The van der Waals surface area contributed by atoms with Crippen molar-refractivity contribution in [1.82, 2.24) is 9.55 Å². The molecule has 0 bridgehead atoms. The second-order valence-electron chi connectivity index (χ2n) is 3.36. The standard InChI is InChI=1S/C12H11IN2O2/c1-2-15-8-7-14-11(12(15)16)17-10-6-4-3-5-9(10)13/h3-8H,2H2,1H3. The lowest BCUT2D eigenvalue weighted by molar-refractivity contribution is 0.442. The number of rotatable bonds is 3. The molecule has 0 saturated carbocycles. The Hall–Kier alpha value is -1.37. The predicted octanol–water partition coefficient (Wildman–Crippen LogP) is 2.66. The van der Waals surface area contributed by atoms with Gasteiger partial charge in [0.25, 0.3) is 5.88 Å². The molecule has 0 aliphatic rings. The van der Waals surface area contributed by atoms with E-state index in [0.717, 1.165) is 3.57 Å². The number of ether oxygens (including phenoxy) is 1. The second-order valence-corrected chi connectivity index (χ2v) is 4.52. The highest BCUT2D eigenvalue weighted by Gasteiger charge is 2.08. The first-order chi connectivity index (χ1) is 8.22. The van der Waals surface area contributed by atoms with Crippen molar-refractivity contribution in [1.29, 1.82) is 0 Å². The highest BCUT2D eigenvalue weighted by Crippen LogP contribution is 2.23. The zero-order valence-electron chi connectivity index (χ0n) is 9.26. The van der Waals surface area contributed by atoms with E-state index in [9.17, 15) is 4.79 Å². The van der Waals surface area contributed by atoms with Crippen LogP contribution in [0.25, 0.3) is 0 Å². The smallest absolute Gasteiger partial charge is 0.313 e. The summed E-state index contributed by atoms with van der Waals surface area (Å²) in [6, 6.07) is 7.50. The summed E-state index contributed by atoms with van der Waals surface area (Å²) >= 11 is 2.16. The minimum absolute atomic E-state index is 0.110. The molecule has 5 heteroatoms. The molecule has 17 heavy (non-hydrogen) atoms. The average Bonchev–Trinajstić information content (AvgIpc) is 2.34. The Balaban J connectivity index is 2.37. The van der Waals surface area contributed by atoms with Gasteiger partial charge in [-0.05, 0) is 41.6 Å². The molecule has 2 aromatic rings. The van der Waals surface area contributed by atoms with Crippen molar-refractivity contribution in [2.45, 2.75) is 13.5 Å². The van der Waals surface area contributed by atoms with Crippen LogP contribution >= 0.6 is 22.6 Å². The molecule has 0 unspecified atom stereocenters. The molecule has 0 saturated heterocycles. The van der Waals surface area contributed by atoms with Crippen LogP contribution in [0.5, 0.6) is 11.6 Å². The van der Waals surface area contributed by atoms with E-state index in [1.165, 1.54) is 0 Å². The van der Waals surface area contributed by atoms with Crippen molar-refractivity contribution in [3.05, 3.63) is 50.6 Å². The number of hydrogen-bond acceptors (Lipinski definition) is 3. The maximum Gasteiger partial charge on any atom is 0.313 e. The van der Waals surface area contributed by atoms with E-state index in [2.05, 4.69) is 27.6 Å². The molecular formula is C12H11IN2O2. The van der Waals surface area contributed by atoms with Gasteiger partial charge in [0, 0.05) is 18.9 Å². The molecule has 0 aliphatic carbocycles. The Labute approximate surface area is 112 Å². The summed E-state index contributed by atoms with van der Waals surface area (Å²) in [5.74, 6) is 0.755. The number of aromatic nitrogens is 2. The summed E-state index contributed by atoms with van der Waals surface area (Å²) in [6.07, 6.45) is 3.21. The Kier molecular flexibility index (Phi) is 3.78. The van der Waals surface area contributed by atoms with Crippen molar-refractivity contribution in [3.63, 3.8) is 0 Å². The molecule has 88 valence electrons. The highest BCUT2D eigenvalue weighted by atomic mass is 127. The SMILES string of the molecule is CCn1ccnc(Oc2ccccc2I)c1=O. The summed E-state index contributed by atoms with van der Waals surface area (Å²) in [4.78, 5) is 15.9. The van der Waals surface area contributed by atoms with Gasteiger partial charge in [0.2, 0.25) is 0 Å². The fourth-order valence-corrected chi connectivity index (χ4v) is 1.88. The topological polar surface area (TPSA) is 44.1 Å². The third-order valence-electron chi connectivity index (χ3n) is 2.27. The van der Waals surface area contributed by atoms with Crippen LogP contribution in [0.4, 0.5) is 0 Å². The van der Waals surface area contributed by atoms with E-state index in [0.29, 0.717) is 12.3 Å². The lowest BCUT2D eigenvalue weighted by atomic mass is 10.3. The minimum Gasteiger partial charge on any atom is -0.434 e. The fourth-order valence-electron chi connectivity index (χ4n) is 1.38. The summed E-state index contributed by atoms with van der Waals surface area (Å²) in [5.41, 5.74) is -0.213. The first kappa shape index (κ1) is 12.1. The zero-order chi connectivity index (χ0) is 12.3. The summed E-state index contributed by atoms with van der Waals surface area (Å²) < 4.78 is 8.03. The van der Waals surface area contributed by atoms with Crippen LogP contribution in [0.3, 0.4) is 0 Å². The lowest BCUT2D eigenvalue weighted by Gasteiger charge is -2.07. The van der Waals surface area contributed by atoms with Gasteiger partial charge < -0.3 is 9.30 Å². The summed E-state index contributed by atoms with van der Waals surface area (Å²) in [5, 5.41) is 0. The normalized spacial score (nSPS) is 10.2. The Morgan fingerprint density at radius 1 is 1.41 bits per heavy atom. The van der Waals surface area contributed by atoms with Crippen LogP contribution in [-0.2, 0) is 6.54 Å². The molecule has 0 amide bonds. The van der Waals surface area contributed by atoms with Gasteiger partial charge in [0.1, 0.15) is 5.75 Å². The molecule has 4 nitrogen and oxygen atoms in total. The van der Waals surface area contributed by atoms with Gasteiger partial charge in [-0.25, -0.2) is 4.98 Å². The van der Waals surface area contributed by atoms with Gasteiger partial charge in [-0.2, -0.15) is 0 Å². The van der Waals surface area contributed by atoms with Gasteiger partial charge in [-0.3, -0.25) is 4.79 Å². The largest absolute Gasteiger partial charge is 0.434 e. The van der Waals surface area contributed by atoms with Crippen LogP contribution in [0.1, 0.15) is 6.92 Å². The van der Waals surface area contributed by atoms with Crippen molar-refractivity contribution < 1.29 is 4.74 Å². The van der Waals surface area contributed by atoms with E-state index >= 15 is 0 Å². The van der Waals surface area contributed by atoms with Crippen LogP contribution in [0.2, 0.25) is 0 Å². The molecule has 2 rings (SSSR count). The Morgan fingerprint density at radius 3 is 2.88 bits per heavy atom. The molecule has 1 aromatic carbocycles. The number of aryl methyl sites for hydroxylation is 1. The van der Waals surface area contributed by atoms with Gasteiger partial charge >= 0.3 is 5.56 Å². The molecular weight excluding hydrogens is 331 g/mol. The molecule has 0 atom stereocenters. The van der Waals surface area contributed by atoms with Crippen molar-refractivity contribution in [3.8, 4) is 11.6 Å². The molecule has 0 fully saturated rings. The first-order valence-electron chi connectivity index (χ1n) is 5.20. The third-order valence-corrected chi connectivity index (χ3v) is 3.16. The maximum absolute atomic E-state index is 11.9. The average molecular weight is 342 g/mol. The molecule has 0 N–H and O–H groups in total. The van der Waals surface area contributed by atoms with Gasteiger partial charge in [0.15, 0.2) is 0 Å². The maximum atomic E-state index is 11.9. The third kappa shape index (κ3) is 2.66. The van der Waals surface area contributed by atoms with Gasteiger partial charge in [0.05, 0.1) is 3.57 Å². The highest BCUT2D eigenvalue weighted by molar-refractivity contribution is 14.1. The van der Waals surface area contributed by atoms with E-state index in [1.54, 1.807) is 17.0 Å². The number of halogens is 1. The number of nitrogens with zero attached hydrogens (tertiary/aromatic N) is 2. The van der Waals surface area contributed by atoms with Crippen molar-refractivity contribution >= 4 is 22.6 Å². The zero-order valence-corrected chi connectivity index (χ0v) is 11.4. The van der Waals surface area contributed by atoms with Crippen molar-refractivity contribution in [2.24, 2.45) is 0 Å². The Morgan fingerprint density at radius 2 is 2.18 bits per heavy atom. The molecule has 0 aliphatic heterocycles. The van der Waals surface area contributed by atoms with E-state index in [-0.39, 0.29) is 11.4 Å².